The molecule has 5 rings (SSSR count). The van der Waals surface area contributed by atoms with Crippen LogP contribution >= 0.6 is 35.8 Å². The van der Waals surface area contributed by atoms with Gasteiger partial charge < -0.3 is 10.1 Å². The molecule has 0 spiro atoms. The Balaban J connectivity index is 1.69. The van der Waals surface area contributed by atoms with E-state index in [2.05, 4.69) is 28.1 Å². The van der Waals surface area contributed by atoms with Crippen LogP contribution in [0.3, 0.4) is 0 Å². The number of benzene rings is 1. The third-order valence-corrected chi connectivity index (χ3v) is 7.39. The first-order valence-corrected chi connectivity index (χ1v) is 12.3. The number of rotatable bonds is 5. The van der Waals surface area contributed by atoms with E-state index in [9.17, 15) is 4.79 Å². The Labute approximate surface area is 211 Å². The van der Waals surface area contributed by atoms with Crippen molar-refractivity contribution in [3.63, 3.8) is 0 Å². The van der Waals surface area contributed by atoms with Crippen molar-refractivity contribution < 1.29 is 9.53 Å². The highest BCUT2D eigenvalue weighted by Gasteiger charge is 2.31. The molecule has 1 aromatic carbocycles. The summed E-state index contributed by atoms with van der Waals surface area (Å²) in [6.45, 7) is 2.01. The van der Waals surface area contributed by atoms with E-state index in [0.29, 0.717) is 16.6 Å². The number of pyridine rings is 1. The number of fused-ring (bicyclic) bond motifs is 3. The van der Waals surface area contributed by atoms with Crippen LogP contribution in [0.5, 0.6) is 0 Å². The number of amides is 1. The minimum absolute atomic E-state index is 0.258. The number of nitrogens with one attached hydrogen (secondary N) is 1. The predicted molar refractivity (Wildman–Crippen MR) is 138 cm³/mol. The second-order valence-electron chi connectivity index (χ2n) is 7.50. The van der Waals surface area contributed by atoms with Crippen molar-refractivity contribution in [3.05, 3.63) is 58.9 Å². The van der Waals surface area contributed by atoms with Crippen LogP contribution in [0, 0.1) is 0 Å². The van der Waals surface area contributed by atoms with Crippen molar-refractivity contribution in [2.45, 2.75) is 19.8 Å². The lowest BCUT2D eigenvalue weighted by atomic mass is 9.95. The van der Waals surface area contributed by atoms with Crippen molar-refractivity contribution >= 4 is 52.8 Å². The number of hydrogen-bond donors (Lipinski definition) is 2. The summed E-state index contributed by atoms with van der Waals surface area (Å²) in [5.41, 5.74) is 5.41. The van der Waals surface area contributed by atoms with Gasteiger partial charge in [0.2, 0.25) is 5.13 Å². The standard InChI is InChI=1S/C23H21ClN6O2S2/c1-3-32-23(31)30(33)22-27-16-10-9-14-19(13-8-11-18(25-2)26-12-13)28-29(20(14)21(16)34-22)17-7-5-4-6-15(17)24/h4-8,11-12,33H,3,9-10H2,1-2H3,(H,25,26). The Kier molecular flexibility index (Phi) is 6.20. The van der Waals surface area contributed by atoms with Crippen LogP contribution in [0.15, 0.2) is 42.6 Å². The molecule has 0 atom stereocenters. The van der Waals surface area contributed by atoms with Crippen molar-refractivity contribution in [3.8, 4) is 27.5 Å². The van der Waals surface area contributed by atoms with E-state index < -0.39 is 6.09 Å². The number of hydrogen-bond acceptors (Lipinski definition) is 8. The molecule has 0 radical (unpaired) electrons. The third kappa shape index (κ3) is 3.91. The fraction of sp³-hybridized carbons (Fsp3) is 0.217. The fourth-order valence-electron chi connectivity index (χ4n) is 3.92. The maximum Gasteiger partial charge on any atom is 0.426 e. The van der Waals surface area contributed by atoms with E-state index in [1.54, 1.807) is 6.92 Å². The van der Waals surface area contributed by atoms with Gasteiger partial charge in [-0.15, -0.1) is 0 Å². The highest BCUT2D eigenvalue weighted by atomic mass is 35.5. The topological polar surface area (TPSA) is 85.2 Å². The first-order chi connectivity index (χ1) is 16.5. The summed E-state index contributed by atoms with van der Waals surface area (Å²) in [5.74, 6) is 0.783. The van der Waals surface area contributed by atoms with E-state index in [1.807, 2.05) is 54.3 Å². The second kappa shape index (κ2) is 9.28. The summed E-state index contributed by atoms with van der Waals surface area (Å²) in [5, 5.41) is 9.07. The van der Waals surface area contributed by atoms with Crippen LogP contribution in [0.1, 0.15) is 18.2 Å². The number of para-hydroxylation sites is 1. The summed E-state index contributed by atoms with van der Waals surface area (Å²) < 4.78 is 8.09. The summed E-state index contributed by atoms with van der Waals surface area (Å²) in [6.07, 6.45) is 2.71. The molecule has 1 N–H and O–H groups in total. The molecule has 3 heterocycles. The number of ether oxygens (including phenoxy) is 1. The number of carbonyl (C=O) groups is 1. The highest BCUT2D eigenvalue weighted by molar-refractivity contribution is 7.83. The van der Waals surface area contributed by atoms with Gasteiger partial charge in [0, 0.05) is 24.4 Å². The Hall–Kier alpha value is -3.08. The van der Waals surface area contributed by atoms with Crippen LogP contribution < -0.4 is 9.62 Å². The number of aromatic nitrogens is 4. The fourth-order valence-corrected chi connectivity index (χ4v) is 5.43. The molecule has 1 aliphatic carbocycles. The van der Waals surface area contributed by atoms with Crippen molar-refractivity contribution in [1.82, 2.24) is 19.7 Å². The summed E-state index contributed by atoms with van der Waals surface area (Å²) >= 11 is 12.3. The van der Waals surface area contributed by atoms with E-state index in [4.69, 9.17) is 21.4 Å². The molecule has 1 aliphatic rings. The Bertz CT molecular complexity index is 1370. The van der Waals surface area contributed by atoms with Gasteiger partial charge in [0.25, 0.3) is 0 Å². The van der Waals surface area contributed by atoms with Crippen LogP contribution in [-0.4, -0.2) is 39.5 Å². The Morgan fingerprint density at radius 2 is 2.12 bits per heavy atom. The van der Waals surface area contributed by atoms with Crippen LogP contribution in [0.4, 0.5) is 15.7 Å². The van der Waals surface area contributed by atoms with Crippen molar-refractivity contribution in [2.75, 3.05) is 23.3 Å². The number of thiol groups is 1. The molecule has 0 saturated carbocycles. The highest BCUT2D eigenvalue weighted by Crippen LogP contribution is 2.45. The van der Waals surface area contributed by atoms with Gasteiger partial charge in [-0.1, -0.05) is 47.9 Å². The number of halogens is 1. The van der Waals surface area contributed by atoms with Gasteiger partial charge in [-0.3, -0.25) is 0 Å². The Morgan fingerprint density at radius 3 is 2.82 bits per heavy atom. The van der Waals surface area contributed by atoms with Crippen LogP contribution in [0.25, 0.3) is 27.5 Å². The summed E-state index contributed by atoms with van der Waals surface area (Å²) in [4.78, 5) is 22.3. The van der Waals surface area contributed by atoms with Crippen LogP contribution in [-0.2, 0) is 17.6 Å². The number of thiazole rings is 1. The minimum Gasteiger partial charge on any atom is -0.449 e. The van der Waals surface area contributed by atoms with Crippen molar-refractivity contribution in [2.24, 2.45) is 0 Å². The molecular weight excluding hydrogens is 492 g/mol. The normalized spacial score (nSPS) is 12.1. The van der Waals surface area contributed by atoms with Crippen molar-refractivity contribution in [1.29, 1.82) is 0 Å². The summed E-state index contributed by atoms with van der Waals surface area (Å²) in [7, 11) is 1.83. The average Bonchev–Trinajstić information content (AvgIpc) is 3.46. The van der Waals surface area contributed by atoms with E-state index in [-0.39, 0.29) is 6.61 Å². The van der Waals surface area contributed by atoms with Gasteiger partial charge in [-0.2, -0.15) is 9.40 Å². The molecule has 34 heavy (non-hydrogen) atoms. The average molecular weight is 513 g/mol. The van der Waals surface area contributed by atoms with Gasteiger partial charge in [-0.25, -0.2) is 19.4 Å². The quantitative estimate of drug-likeness (QED) is 0.336. The van der Waals surface area contributed by atoms with Gasteiger partial charge in [0.05, 0.1) is 39.3 Å². The van der Waals surface area contributed by atoms with E-state index >= 15 is 0 Å². The van der Waals surface area contributed by atoms with Gasteiger partial charge in [0.15, 0.2) is 0 Å². The van der Waals surface area contributed by atoms with Gasteiger partial charge in [-0.05, 0) is 44.0 Å². The number of anilines is 2. The molecule has 0 saturated heterocycles. The lowest BCUT2D eigenvalue weighted by molar-refractivity contribution is 0.164. The molecular formula is C23H21ClN6O2S2. The number of carbonyl (C=O) groups excluding carboxylic acids is 1. The largest absolute Gasteiger partial charge is 0.449 e. The van der Waals surface area contributed by atoms with Gasteiger partial charge >= 0.3 is 6.09 Å². The zero-order chi connectivity index (χ0) is 23.8. The molecule has 1 amide bonds. The number of aryl methyl sites for hydroxylation is 1. The zero-order valence-electron chi connectivity index (χ0n) is 18.4. The Morgan fingerprint density at radius 1 is 1.29 bits per heavy atom. The minimum atomic E-state index is -0.562. The second-order valence-corrected chi connectivity index (χ2v) is 9.29. The predicted octanol–water partition coefficient (Wildman–Crippen LogP) is 5.66. The molecule has 0 fully saturated rings. The number of nitrogens with zero attached hydrogens (tertiary/aromatic N) is 5. The smallest absolute Gasteiger partial charge is 0.426 e. The lowest BCUT2D eigenvalue weighted by Gasteiger charge is -2.14. The monoisotopic (exact) mass is 512 g/mol. The molecule has 3 aromatic heterocycles. The molecule has 8 nitrogen and oxygen atoms in total. The zero-order valence-corrected chi connectivity index (χ0v) is 20.9. The molecule has 0 unspecified atom stereocenters. The third-order valence-electron chi connectivity index (χ3n) is 5.49. The maximum atomic E-state index is 12.2. The van der Waals surface area contributed by atoms with E-state index in [1.165, 1.54) is 11.3 Å². The molecule has 0 bridgehead atoms. The molecule has 4 aromatic rings. The van der Waals surface area contributed by atoms with E-state index in [0.717, 1.165) is 55.3 Å². The first-order valence-electron chi connectivity index (χ1n) is 10.7. The molecule has 0 aliphatic heterocycles. The molecule has 11 heteroatoms. The summed E-state index contributed by atoms with van der Waals surface area (Å²) in [6, 6.07) is 11.5. The van der Waals surface area contributed by atoms with Crippen LogP contribution in [0.2, 0.25) is 5.02 Å². The SMILES string of the molecule is CCOC(=O)N(S)c1nc2c(s1)-c1c(c(-c3ccc(NC)nc3)nn1-c1ccccc1Cl)CC2. The maximum absolute atomic E-state index is 12.2. The first kappa shape index (κ1) is 22.7. The molecule has 174 valence electrons. The lowest BCUT2D eigenvalue weighted by Crippen LogP contribution is -2.21. The van der Waals surface area contributed by atoms with Gasteiger partial charge in [0.1, 0.15) is 5.82 Å².